The quantitative estimate of drug-likeness (QED) is 0.351. The highest BCUT2D eigenvalue weighted by Gasteiger charge is 2.30. The summed E-state index contributed by atoms with van der Waals surface area (Å²) < 4.78 is 15.2. The summed E-state index contributed by atoms with van der Waals surface area (Å²) in [6.07, 6.45) is 1.94. The number of hydrogen-bond donors (Lipinski definition) is 1. The zero-order chi connectivity index (χ0) is 22.7. The van der Waals surface area contributed by atoms with Gasteiger partial charge in [0.15, 0.2) is 11.3 Å². The SMILES string of the molecule is COC(=O)c1c(OCc2cccc(C(=O)C3CC3)c2)nsc1NCc1ccc(C)cc1C. The zero-order valence-electron chi connectivity index (χ0n) is 18.4. The van der Waals surface area contributed by atoms with Crippen LogP contribution >= 0.6 is 11.5 Å². The Bertz CT molecular complexity index is 1150. The molecule has 0 unspecified atom stereocenters. The Morgan fingerprint density at radius 3 is 2.69 bits per heavy atom. The van der Waals surface area contributed by atoms with Crippen LogP contribution in [0.1, 0.15) is 55.8 Å². The highest BCUT2D eigenvalue weighted by molar-refractivity contribution is 7.10. The fourth-order valence-electron chi connectivity index (χ4n) is 3.54. The van der Waals surface area contributed by atoms with Crippen LogP contribution in [0.5, 0.6) is 5.88 Å². The summed E-state index contributed by atoms with van der Waals surface area (Å²) in [4.78, 5) is 24.8. The number of hydrogen-bond acceptors (Lipinski definition) is 7. The van der Waals surface area contributed by atoms with Gasteiger partial charge in [-0.15, -0.1) is 0 Å². The van der Waals surface area contributed by atoms with E-state index >= 15 is 0 Å². The van der Waals surface area contributed by atoms with Crippen molar-refractivity contribution in [3.05, 3.63) is 75.8 Å². The third kappa shape index (κ3) is 4.99. The average molecular weight is 451 g/mol. The number of Topliss-reactive ketones (excluding diaryl/α,β-unsaturated/α-hetero) is 1. The maximum absolute atomic E-state index is 12.5. The molecule has 0 spiro atoms. The lowest BCUT2D eigenvalue weighted by molar-refractivity contribution is 0.0596. The van der Waals surface area contributed by atoms with E-state index in [0.29, 0.717) is 17.1 Å². The van der Waals surface area contributed by atoms with E-state index in [-0.39, 0.29) is 29.8 Å². The second kappa shape index (κ2) is 9.53. The first-order valence-electron chi connectivity index (χ1n) is 10.6. The number of carbonyl (C=O) groups excluding carboxylic acids is 2. The summed E-state index contributed by atoms with van der Waals surface area (Å²) in [5, 5.41) is 3.90. The number of aromatic nitrogens is 1. The highest BCUT2D eigenvalue weighted by Crippen LogP contribution is 2.34. The van der Waals surface area contributed by atoms with E-state index in [9.17, 15) is 9.59 Å². The van der Waals surface area contributed by atoms with Gasteiger partial charge >= 0.3 is 5.97 Å². The topological polar surface area (TPSA) is 77.5 Å². The molecule has 1 N–H and O–H groups in total. The molecule has 2 aromatic carbocycles. The predicted octanol–water partition coefficient (Wildman–Crippen LogP) is 5.33. The number of nitrogens with one attached hydrogen (secondary N) is 1. The van der Waals surface area contributed by atoms with Gasteiger partial charge in [-0.05, 0) is 61.0 Å². The molecule has 0 radical (unpaired) electrons. The van der Waals surface area contributed by atoms with Crippen molar-refractivity contribution >= 4 is 28.3 Å². The minimum absolute atomic E-state index is 0.168. The molecule has 1 saturated carbocycles. The van der Waals surface area contributed by atoms with E-state index in [0.717, 1.165) is 35.5 Å². The van der Waals surface area contributed by atoms with Crippen LogP contribution in [-0.4, -0.2) is 23.2 Å². The number of carbonyl (C=O) groups is 2. The van der Waals surface area contributed by atoms with Crippen molar-refractivity contribution in [3.63, 3.8) is 0 Å². The number of anilines is 1. The smallest absolute Gasteiger partial charge is 0.346 e. The summed E-state index contributed by atoms with van der Waals surface area (Å²) in [5.74, 6) is 0.0773. The largest absolute Gasteiger partial charge is 0.472 e. The van der Waals surface area contributed by atoms with Crippen molar-refractivity contribution in [3.8, 4) is 5.88 Å². The first-order chi connectivity index (χ1) is 15.5. The van der Waals surface area contributed by atoms with Gasteiger partial charge in [0.1, 0.15) is 11.6 Å². The molecule has 0 bridgehead atoms. The van der Waals surface area contributed by atoms with Crippen LogP contribution < -0.4 is 10.1 Å². The molecule has 4 rings (SSSR count). The minimum Gasteiger partial charge on any atom is -0.472 e. The Balaban J connectivity index is 1.48. The molecule has 7 heteroatoms. The number of ketones is 1. The molecule has 166 valence electrons. The number of benzene rings is 2. The molecular weight excluding hydrogens is 424 g/mol. The van der Waals surface area contributed by atoms with Crippen LogP contribution in [0, 0.1) is 19.8 Å². The number of rotatable bonds is 9. The first-order valence-corrected chi connectivity index (χ1v) is 11.4. The number of ether oxygens (including phenoxy) is 2. The molecule has 32 heavy (non-hydrogen) atoms. The van der Waals surface area contributed by atoms with Crippen molar-refractivity contribution in [1.29, 1.82) is 0 Å². The Morgan fingerprint density at radius 2 is 1.97 bits per heavy atom. The molecule has 0 amide bonds. The fourth-order valence-corrected chi connectivity index (χ4v) is 4.26. The fraction of sp³-hybridized carbons (Fsp3) is 0.320. The van der Waals surface area contributed by atoms with Crippen molar-refractivity contribution < 1.29 is 19.1 Å². The minimum atomic E-state index is -0.505. The van der Waals surface area contributed by atoms with Gasteiger partial charge in [-0.1, -0.05) is 42.0 Å². The van der Waals surface area contributed by atoms with E-state index in [2.05, 4.69) is 41.7 Å². The average Bonchev–Trinajstić information content (AvgIpc) is 3.57. The lowest BCUT2D eigenvalue weighted by Gasteiger charge is -2.10. The zero-order valence-corrected chi connectivity index (χ0v) is 19.3. The van der Waals surface area contributed by atoms with Crippen LogP contribution in [0.15, 0.2) is 42.5 Å². The normalized spacial score (nSPS) is 13.0. The molecule has 1 heterocycles. The molecule has 0 aliphatic heterocycles. The van der Waals surface area contributed by atoms with E-state index in [4.69, 9.17) is 9.47 Å². The van der Waals surface area contributed by atoms with Gasteiger partial charge in [0.05, 0.1) is 7.11 Å². The van der Waals surface area contributed by atoms with E-state index in [1.165, 1.54) is 18.2 Å². The third-order valence-electron chi connectivity index (χ3n) is 5.52. The van der Waals surface area contributed by atoms with Crippen LogP contribution in [0.25, 0.3) is 0 Å². The maximum Gasteiger partial charge on any atom is 0.346 e. The molecule has 0 atom stereocenters. The van der Waals surface area contributed by atoms with Crippen LogP contribution in [0.2, 0.25) is 0 Å². The number of esters is 1. The first kappa shape index (κ1) is 22.0. The summed E-state index contributed by atoms with van der Waals surface area (Å²) in [6, 6.07) is 13.7. The Labute approximate surface area is 191 Å². The van der Waals surface area contributed by atoms with Gasteiger partial charge < -0.3 is 14.8 Å². The molecule has 1 aromatic heterocycles. The lowest BCUT2D eigenvalue weighted by atomic mass is 10.0. The summed E-state index contributed by atoms with van der Waals surface area (Å²) in [5.41, 5.74) is 5.37. The second-order valence-electron chi connectivity index (χ2n) is 8.09. The summed E-state index contributed by atoms with van der Waals surface area (Å²) >= 11 is 1.16. The van der Waals surface area contributed by atoms with Gasteiger partial charge in [0, 0.05) is 18.0 Å². The summed E-state index contributed by atoms with van der Waals surface area (Å²) in [6.45, 7) is 4.89. The van der Waals surface area contributed by atoms with Crippen molar-refractivity contribution in [1.82, 2.24) is 4.37 Å². The molecule has 6 nitrogen and oxygen atoms in total. The lowest BCUT2D eigenvalue weighted by Crippen LogP contribution is -2.09. The molecule has 1 fully saturated rings. The van der Waals surface area contributed by atoms with Gasteiger partial charge in [-0.2, -0.15) is 4.37 Å². The Morgan fingerprint density at radius 1 is 1.16 bits per heavy atom. The molecule has 0 saturated heterocycles. The number of nitrogens with zero attached hydrogens (tertiary/aromatic N) is 1. The van der Waals surface area contributed by atoms with Crippen LogP contribution in [-0.2, 0) is 17.9 Å². The van der Waals surface area contributed by atoms with Crippen molar-refractivity contribution in [2.45, 2.75) is 39.8 Å². The molecule has 3 aromatic rings. The Kier molecular flexibility index (Phi) is 6.55. The highest BCUT2D eigenvalue weighted by atomic mass is 32.1. The van der Waals surface area contributed by atoms with Gasteiger partial charge in [0.25, 0.3) is 0 Å². The number of methoxy groups -OCH3 is 1. The third-order valence-corrected chi connectivity index (χ3v) is 6.31. The van der Waals surface area contributed by atoms with Gasteiger partial charge in [-0.25, -0.2) is 4.79 Å². The van der Waals surface area contributed by atoms with Crippen molar-refractivity contribution in [2.75, 3.05) is 12.4 Å². The van der Waals surface area contributed by atoms with Crippen molar-refractivity contribution in [2.24, 2.45) is 5.92 Å². The molecule has 1 aliphatic carbocycles. The van der Waals surface area contributed by atoms with E-state index in [1.807, 2.05) is 24.3 Å². The monoisotopic (exact) mass is 450 g/mol. The predicted molar refractivity (Wildman–Crippen MR) is 125 cm³/mol. The number of aryl methyl sites for hydroxylation is 2. The van der Waals surface area contributed by atoms with Gasteiger partial charge in [-0.3, -0.25) is 4.79 Å². The van der Waals surface area contributed by atoms with Gasteiger partial charge in [0.2, 0.25) is 5.88 Å². The molecule has 1 aliphatic rings. The van der Waals surface area contributed by atoms with Crippen LogP contribution in [0.3, 0.4) is 0 Å². The van der Waals surface area contributed by atoms with Crippen LogP contribution in [0.4, 0.5) is 5.00 Å². The summed E-state index contributed by atoms with van der Waals surface area (Å²) in [7, 11) is 1.34. The maximum atomic E-state index is 12.5. The molecular formula is C25H26N2O4S. The standard InChI is InChI=1S/C25H26N2O4S/c1-15-7-8-20(16(2)11-15)13-26-24-21(25(29)30-3)23(27-32-24)31-14-17-5-4-6-19(12-17)22(28)18-9-10-18/h4-8,11-12,18,26H,9-10,13-14H2,1-3H3. The van der Waals surface area contributed by atoms with E-state index < -0.39 is 5.97 Å². The Hall–Kier alpha value is -3.19. The second-order valence-corrected chi connectivity index (χ2v) is 8.87. The van der Waals surface area contributed by atoms with E-state index in [1.54, 1.807) is 0 Å².